The number of halogens is 1. The SMILES string of the molecule is O=C(O)c1ccccc1OCCNc1ccccc1I. The number of carboxylic acids is 1. The lowest BCUT2D eigenvalue weighted by Crippen LogP contribution is -2.13. The second kappa shape index (κ2) is 7.14. The minimum atomic E-state index is -0.980. The Hall–Kier alpha value is -1.76. The number of aromatic carboxylic acids is 1. The summed E-state index contributed by atoms with van der Waals surface area (Å²) in [5.41, 5.74) is 1.23. The van der Waals surface area contributed by atoms with Gasteiger partial charge in [-0.1, -0.05) is 24.3 Å². The van der Waals surface area contributed by atoms with Gasteiger partial charge in [-0.15, -0.1) is 0 Å². The molecule has 0 fully saturated rings. The molecule has 0 radical (unpaired) electrons. The molecule has 2 rings (SSSR count). The monoisotopic (exact) mass is 383 g/mol. The van der Waals surface area contributed by atoms with E-state index in [0.717, 1.165) is 9.26 Å². The zero-order valence-electron chi connectivity index (χ0n) is 10.7. The van der Waals surface area contributed by atoms with Gasteiger partial charge >= 0.3 is 5.97 Å². The average Bonchev–Trinajstić information content (AvgIpc) is 2.45. The van der Waals surface area contributed by atoms with Crippen molar-refractivity contribution in [2.75, 3.05) is 18.5 Å². The van der Waals surface area contributed by atoms with E-state index >= 15 is 0 Å². The predicted octanol–water partition coefficient (Wildman–Crippen LogP) is 3.48. The van der Waals surface area contributed by atoms with Crippen molar-refractivity contribution in [1.82, 2.24) is 0 Å². The highest BCUT2D eigenvalue weighted by Gasteiger charge is 2.09. The first-order valence-electron chi connectivity index (χ1n) is 6.12. The third-order valence-corrected chi connectivity index (χ3v) is 3.61. The molecule has 0 aliphatic rings. The molecule has 4 nitrogen and oxygen atoms in total. The number of nitrogens with one attached hydrogen (secondary N) is 1. The van der Waals surface area contributed by atoms with E-state index in [1.807, 2.05) is 24.3 Å². The van der Waals surface area contributed by atoms with Crippen LogP contribution in [-0.4, -0.2) is 24.2 Å². The molecule has 20 heavy (non-hydrogen) atoms. The number of ether oxygens (including phenoxy) is 1. The minimum absolute atomic E-state index is 0.182. The lowest BCUT2D eigenvalue weighted by atomic mass is 10.2. The average molecular weight is 383 g/mol. The number of carbonyl (C=O) groups is 1. The van der Waals surface area contributed by atoms with Gasteiger partial charge in [0.15, 0.2) is 0 Å². The van der Waals surface area contributed by atoms with Crippen LogP contribution in [0.25, 0.3) is 0 Å². The van der Waals surface area contributed by atoms with Crippen molar-refractivity contribution in [3.8, 4) is 5.75 Å². The highest BCUT2D eigenvalue weighted by Crippen LogP contribution is 2.18. The van der Waals surface area contributed by atoms with Crippen LogP contribution >= 0.6 is 22.6 Å². The summed E-state index contributed by atoms with van der Waals surface area (Å²) >= 11 is 2.26. The summed E-state index contributed by atoms with van der Waals surface area (Å²) < 4.78 is 6.65. The molecule has 0 saturated heterocycles. The Labute approximate surface area is 130 Å². The Morgan fingerprint density at radius 1 is 1.15 bits per heavy atom. The maximum Gasteiger partial charge on any atom is 0.339 e. The molecule has 0 amide bonds. The summed E-state index contributed by atoms with van der Waals surface area (Å²) in [5.74, 6) is -0.587. The van der Waals surface area contributed by atoms with Gasteiger partial charge in [0.2, 0.25) is 0 Å². The van der Waals surface area contributed by atoms with E-state index in [1.54, 1.807) is 18.2 Å². The van der Waals surface area contributed by atoms with Gasteiger partial charge in [-0.05, 0) is 46.9 Å². The Bertz CT molecular complexity index is 601. The normalized spacial score (nSPS) is 10.1. The summed E-state index contributed by atoms with van der Waals surface area (Å²) in [6, 6.07) is 14.6. The molecule has 0 heterocycles. The van der Waals surface area contributed by atoms with Crippen LogP contribution in [-0.2, 0) is 0 Å². The first kappa shape index (κ1) is 14.6. The quantitative estimate of drug-likeness (QED) is 0.593. The third kappa shape index (κ3) is 3.86. The smallest absolute Gasteiger partial charge is 0.339 e. The van der Waals surface area contributed by atoms with E-state index in [9.17, 15) is 4.79 Å². The Balaban J connectivity index is 1.88. The van der Waals surface area contributed by atoms with E-state index in [0.29, 0.717) is 18.9 Å². The van der Waals surface area contributed by atoms with Crippen molar-refractivity contribution in [2.45, 2.75) is 0 Å². The molecule has 0 unspecified atom stereocenters. The number of carboxylic acid groups (broad SMARTS) is 1. The molecule has 0 bridgehead atoms. The summed E-state index contributed by atoms with van der Waals surface area (Å²) in [4.78, 5) is 11.0. The fraction of sp³-hybridized carbons (Fsp3) is 0.133. The zero-order chi connectivity index (χ0) is 14.4. The first-order chi connectivity index (χ1) is 9.68. The summed E-state index contributed by atoms with van der Waals surface area (Å²) in [6.07, 6.45) is 0. The molecule has 0 aromatic heterocycles. The van der Waals surface area contributed by atoms with Crippen molar-refractivity contribution < 1.29 is 14.6 Å². The van der Waals surface area contributed by atoms with Crippen molar-refractivity contribution in [3.05, 3.63) is 57.7 Å². The van der Waals surface area contributed by atoms with Crippen molar-refractivity contribution in [1.29, 1.82) is 0 Å². The topological polar surface area (TPSA) is 58.6 Å². The number of rotatable bonds is 6. The summed E-state index contributed by atoms with van der Waals surface area (Å²) in [7, 11) is 0. The molecular weight excluding hydrogens is 369 g/mol. The van der Waals surface area contributed by atoms with Crippen molar-refractivity contribution in [2.24, 2.45) is 0 Å². The van der Waals surface area contributed by atoms with Crippen LogP contribution in [0.1, 0.15) is 10.4 Å². The molecule has 2 aromatic rings. The number of hydrogen-bond donors (Lipinski definition) is 2. The van der Waals surface area contributed by atoms with Crippen LogP contribution in [0.15, 0.2) is 48.5 Å². The molecule has 2 N–H and O–H groups in total. The second-order valence-electron chi connectivity index (χ2n) is 4.06. The van der Waals surface area contributed by atoms with Gasteiger partial charge < -0.3 is 15.2 Å². The Morgan fingerprint density at radius 3 is 2.60 bits per heavy atom. The molecule has 0 aliphatic carbocycles. The summed E-state index contributed by atoms with van der Waals surface area (Å²) in [5, 5.41) is 12.3. The van der Waals surface area contributed by atoms with Gasteiger partial charge in [-0.2, -0.15) is 0 Å². The van der Waals surface area contributed by atoms with Gasteiger partial charge in [0.25, 0.3) is 0 Å². The van der Waals surface area contributed by atoms with E-state index in [-0.39, 0.29) is 5.56 Å². The van der Waals surface area contributed by atoms with Crippen LogP contribution in [0.2, 0.25) is 0 Å². The molecule has 5 heteroatoms. The Morgan fingerprint density at radius 2 is 1.85 bits per heavy atom. The van der Waals surface area contributed by atoms with E-state index in [4.69, 9.17) is 9.84 Å². The van der Waals surface area contributed by atoms with E-state index < -0.39 is 5.97 Å². The molecule has 0 saturated carbocycles. The highest BCUT2D eigenvalue weighted by atomic mass is 127. The maximum absolute atomic E-state index is 11.0. The first-order valence-corrected chi connectivity index (χ1v) is 7.20. The van der Waals surface area contributed by atoms with Crippen LogP contribution < -0.4 is 10.1 Å². The van der Waals surface area contributed by atoms with Gasteiger partial charge in [-0.25, -0.2) is 4.79 Å². The van der Waals surface area contributed by atoms with Crippen LogP contribution in [0.3, 0.4) is 0 Å². The van der Waals surface area contributed by atoms with Crippen molar-refractivity contribution >= 4 is 34.2 Å². The lowest BCUT2D eigenvalue weighted by Gasteiger charge is -2.11. The van der Waals surface area contributed by atoms with Gasteiger partial charge in [0.1, 0.15) is 17.9 Å². The molecule has 0 spiro atoms. The largest absolute Gasteiger partial charge is 0.491 e. The van der Waals surface area contributed by atoms with Crippen LogP contribution in [0.4, 0.5) is 5.69 Å². The van der Waals surface area contributed by atoms with Gasteiger partial charge in [0, 0.05) is 15.8 Å². The van der Waals surface area contributed by atoms with Crippen LogP contribution in [0, 0.1) is 3.57 Å². The standard InChI is InChI=1S/C15H14INO3/c16-12-6-2-3-7-13(12)17-9-10-20-14-8-4-1-5-11(14)15(18)19/h1-8,17H,9-10H2,(H,18,19). The third-order valence-electron chi connectivity index (χ3n) is 2.67. The fourth-order valence-electron chi connectivity index (χ4n) is 1.72. The molecule has 2 aromatic carbocycles. The fourth-order valence-corrected chi connectivity index (χ4v) is 2.30. The molecule has 104 valence electrons. The molecule has 0 atom stereocenters. The van der Waals surface area contributed by atoms with Crippen molar-refractivity contribution in [3.63, 3.8) is 0 Å². The predicted molar refractivity (Wildman–Crippen MR) is 86.5 cm³/mol. The molecular formula is C15H14INO3. The summed E-state index contributed by atoms with van der Waals surface area (Å²) in [6.45, 7) is 1.00. The highest BCUT2D eigenvalue weighted by molar-refractivity contribution is 14.1. The minimum Gasteiger partial charge on any atom is -0.491 e. The Kier molecular flexibility index (Phi) is 5.23. The van der Waals surface area contributed by atoms with E-state index in [2.05, 4.69) is 27.9 Å². The number of benzene rings is 2. The van der Waals surface area contributed by atoms with Gasteiger partial charge in [-0.3, -0.25) is 0 Å². The second-order valence-corrected chi connectivity index (χ2v) is 5.22. The number of para-hydroxylation sites is 2. The number of hydrogen-bond acceptors (Lipinski definition) is 3. The number of anilines is 1. The zero-order valence-corrected chi connectivity index (χ0v) is 12.8. The van der Waals surface area contributed by atoms with E-state index in [1.165, 1.54) is 6.07 Å². The maximum atomic E-state index is 11.0. The van der Waals surface area contributed by atoms with Gasteiger partial charge in [0.05, 0.1) is 0 Å². The lowest BCUT2D eigenvalue weighted by molar-refractivity contribution is 0.0692. The van der Waals surface area contributed by atoms with Crippen LogP contribution in [0.5, 0.6) is 5.75 Å². The molecule has 0 aliphatic heterocycles.